The highest BCUT2D eigenvalue weighted by molar-refractivity contribution is 8.01. The second-order valence-corrected chi connectivity index (χ2v) is 7.97. The summed E-state index contributed by atoms with van der Waals surface area (Å²) in [5.41, 5.74) is 4.13. The van der Waals surface area contributed by atoms with E-state index < -0.39 is 0 Å². The van der Waals surface area contributed by atoms with Crippen molar-refractivity contribution in [2.75, 3.05) is 5.32 Å². The molecule has 1 N–H and O–H groups in total. The van der Waals surface area contributed by atoms with Gasteiger partial charge in [0.2, 0.25) is 5.91 Å². The van der Waals surface area contributed by atoms with E-state index in [1.165, 1.54) is 23.1 Å². The molecular formula is C14H11ClN4OS3. The van der Waals surface area contributed by atoms with Gasteiger partial charge in [0, 0.05) is 28.1 Å². The molecule has 0 aliphatic heterocycles. The smallest absolute Gasteiger partial charge is 0.224 e. The van der Waals surface area contributed by atoms with E-state index in [4.69, 9.17) is 11.6 Å². The molecule has 118 valence electrons. The number of aromatic nitrogens is 3. The highest BCUT2D eigenvalue weighted by Crippen LogP contribution is 2.35. The first-order chi connectivity index (χ1) is 11.2. The molecule has 0 radical (unpaired) electrons. The molecular weight excluding hydrogens is 372 g/mol. The van der Waals surface area contributed by atoms with Crippen molar-refractivity contribution >= 4 is 57.6 Å². The number of nitrogens with zero attached hydrogens (tertiary/aromatic N) is 3. The molecule has 1 amide bonds. The third-order valence-electron chi connectivity index (χ3n) is 2.83. The Kier molecular flexibility index (Phi) is 5.60. The molecule has 0 unspecified atom stereocenters. The van der Waals surface area contributed by atoms with Crippen molar-refractivity contribution in [3.63, 3.8) is 0 Å². The van der Waals surface area contributed by atoms with E-state index in [1.54, 1.807) is 34.6 Å². The van der Waals surface area contributed by atoms with E-state index in [-0.39, 0.29) is 5.91 Å². The Bertz CT molecular complexity index is 777. The summed E-state index contributed by atoms with van der Waals surface area (Å²) in [4.78, 5) is 17.9. The molecule has 0 saturated heterocycles. The highest BCUT2D eigenvalue weighted by atomic mass is 35.5. The number of hydrogen-bond acceptors (Lipinski definition) is 7. The average Bonchev–Trinajstić information content (AvgIpc) is 3.21. The zero-order chi connectivity index (χ0) is 16.1. The lowest BCUT2D eigenvalue weighted by Gasteiger charge is -2.07. The van der Waals surface area contributed by atoms with E-state index in [1.807, 2.05) is 12.1 Å². The summed E-state index contributed by atoms with van der Waals surface area (Å²) in [5.74, 6) is -0.0426. The fourth-order valence-electron chi connectivity index (χ4n) is 1.79. The summed E-state index contributed by atoms with van der Waals surface area (Å²) in [6, 6.07) is 5.45. The largest absolute Gasteiger partial charge is 0.326 e. The van der Waals surface area contributed by atoms with Crippen LogP contribution in [0.3, 0.4) is 0 Å². The average molecular weight is 383 g/mol. The first-order valence-corrected chi connectivity index (χ1v) is 9.57. The summed E-state index contributed by atoms with van der Waals surface area (Å²) in [6.45, 7) is 0. The molecule has 0 atom stereocenters. The maximum absolute atomic E-state index is 12.0. The van der Waals surface area contributed by atoms with Crippen LogP contribution in [0.25, 0.3) is 0 Å². The Morgan fingerprint density at radius 1 is 1.30 bits per heavy atom. The van der Waals surface area contributed by atoms with Crippen LogP contribution < -0.4 is 5.32 Å². The third-order valence-corrected chi connectivity index (χ3v) is 5.95. The molecule has 0 spiro atoms. The summed E-state index contributed by atoms with van der Waals surface area (Å²) >= 11 is 10.7. The number of aryl methyl sites for hydroxylation is 1. The summed E-state index contributed by atoms with van der Waals surface area (Å²) < 4.78 is 0.827. The molecule has 5 nitrogen and oxygen atoms in total. The summed E-state index contributed by atoms with van der Waals surface area (Å²) in [5, 5.41) is 11.2. The number of thiazole rings is 1. The topological polar surface area (TPSA) is 67.8 Å². The van der Waals surface area contributed by atoms with Gasteiger partial charge in [0.05, 0.1) is 10.5 Å². The van der Waals surface area contributed by atoms with Gasteiger partial charge in [-0.25, -0.2) is 0 Å². The first kappa shape index (κ1) is 16.4. The van der Waals surface area contributed by atoms with Gasteiger partial charge in [-0.15, -0.1) is 21.5 Å². The molecule has 1 aromatic carbocycles. The second kappa shape index (κ2) is 7.87. The van der Waals surface area contributed by atoms with Gasteiger partial charge in [0.15, 0.2) is 4.34 Å². The second-order valence-electron chi connectivity index (χ2n) is 4.47. The lowest BCUT2D eigenvalue weighted by Crippen LogP contribution is -2.12. The Labute approximate surface area is 150 Å². The number of carbonyl (C=O) groups is 1. The van der Waals surface area contributed by atoms with Gasteiger partial charge < -0.3 is 5.32 Å². The van der Waals surface area contributed by atoms with Crippen LogP contribution in [0.2, 0.25) is 5.02 Å². The molecule has 0 bridgehead atoms. The van der Waals surface area contributed by atoms with E-state index in [0.717, 1.165) is 14.1 Å². The van der Waals surface area contributed by atoms with Gasteiger partial charge in [0.1, 0.15) is 5.51 Å². The van der Waals surface area contributed by atoms with Gasteiger partial charge >= 0.3 is 0 Å². The van der Waals surface area contributed by atoms with Crippen molar-refractivity contribution in [2.24, 2.45) is 0 Å². The van der Waals surface area contributed by atoms with Crippen LogP contribution in [0.1, 0.15) is 11.3 Å². The van der Waals surface area contributed by atoms with Crippen LogP contribution in [0.15, 0.2) is 44.7 Å². The molecule has 0 saturated carbocycles. The number of benzene rings is 1. The predicted octanol–water partition coefficient (Wildman–Crippen LogP) is 4.37. The molecule has 0 fully saturated rings. The van der Waals surface area contributed by atoms with Gasteiger partial charge in [-0.2, -0.15) is 0 Å². The van der Waals surface area contributed by atoms with Gasteiger partial charge in [-0.1, -0.05) is 34.7 Å². The fraction of sp³-hybridized carbons (Fsp3) is 0.143. The Hall–Kier alpha value is -1.48. The maximum atomic E-state index is 12.0. The summed E-state index contributed by atoms with van der Waals surface area (Å²) in [7, 11) is 0. The third kappa shape index (κ3) is 4.74. The predicted molar refractivity (Wildman–Crippen MR) is 94.5 cm³/mol. The van der Waals surface area contributed by atoms with E-state index in [2.05, 4.69) is 20.5 Å². The molecule has 0 aliphatic rings. The van der Waals surface area contributed by atoms with Crippen molar-refractivity contribution < 1.29 is 4.79 Å². The molecule has 0 aliphatic carbocycles. The highest BCUT2D eigenvalue weighted by Gasteiger charge is 2.09. The van der Waals surface area contributed by atoms with Crippen LogP contribution in [0.5, 0.6) is 0 Å². The van der Waals surface area contributed by atoms with Crippen LogP contribution in [0, 0.1) is 0 Å². The maximum Gasteiger partial charge on any atom is 0.224 e. The van der Waals surface area contributed by atoms with Crippen LogP contribution in [0.4, 0.5) is 5.69 Å². The number of anilines is 1. The summed E-state index contributed by atoms with van der Waals surface area (Å²) in [6.07, 6.45) is 2.89. The minimum atomic E-state index is -0.0426. The first-order valence-electron chi connectivity index (χ1n) is 6.61. The van der Waals surface area contributed by atoms with Gasteiger partial charge in [-0.05, 0) is 24.6 Å². The van der Waals surface area contributed by atoms with Crippen LogP contribution in [-0.2, 0) is 11.2 Å². The van der Waals surface area contributed by atoms with Gasteiger partial charge in [0.25, 0.3) is 0 Å². The SMILES string of the molecule is O=C(CCc1cncs1)Nc1ccc(Sc2nncs2)c(Cl)c1. The lowest BCUT2D eigenvalue weighted by molar-refractivity contribution is -0.116. The van der Waals surface area contributed by atoms with Gasteiger partial charge in [-0.3, -0.25) is 9.78 Å². The Balaban J connectivity index is 1.57. The van der Waals surface area contributed by atoms with Crippen molar-refractivity contribution in [3.8, 4) is 0 Å². The normalized spacial score (nSPS) is 10.7. The number of carbonyl (C=O) groups excluding carboxylic acids is 1. The van der Waals surface area contributed by atoms with Crippen molar-refractivity contribution in [1.29, 1.82) is 0 Å². The fourth-order valence-corrected chi connectivity index (χ4v) is 4.12. The number of rotatable bonds is 6. The molecule has 2 aromatic heterocycles. The van der Waals surface area contributed by atoms with Crippen molar-refractivity contribution in [1.82, 2.24) is 15.2 Å². The van der Waals surface area contributed by atoms with Crippen LogP contribution >= 0.6 is 46.0 Å². The minimum Gasteiger partial charge on any atom is -0.326 e. The van der Waals surface area contributed by atoms with E-state index in [0.29, 0.717) is 23.6 Å². The number of amides is 1. The van der Waals surface area contributed by atoms with Crippen LogP contribution in [-0.4, -0.2) is 21.1 Å². The Morgan fingerprint density at radius 3 is 2.91 bits per heavy atom. The van der Waals surface area contributed by atoms with Crippen molar-refractivity contribution in [3.05, 3.63) is 45.3 Å². The zero-order valence-electron chi connectivity index (χ0n) is 11.7. The van der Waals surface area contributed by atoms with E-state index in [9.17, 15) is 4.79 Å². The minimum absolute atomic E-state index is 0.0426. The molecule has 9 heteroatoms. The van der Waals surface area contributed by atoms with E-state index >= 15 is 0 Å². The molecule has 3 aromatic rings. The lowest BCUT2D eigenvalue weighted by atomic mass is 10.2. The van der Waals surface area contributed by atoms with Crippen molar-refractivity contribution in [2.45, 2.75) is 22.1 Å². The monoisotopic (exact) mass is 382 g/mol. The Morgan fingerprint density at radius 2 is 2.22 bits per heavy atom. The number of nitrogens with one attached hydrogen (secondary N) is 1. The standard InChI is InChI=1S/C14H11ClN4OS3/c15-11-5-9(1-3-12(11)23-14-19-17-8-22-14)18-13(20)4-2-10-6-16-7-21-10/h1,3,5-8H,2,4H2,(H,18,20). The number of halogens is 1. The quantitative estimate of drug-likeness (QED) is 0.685. The molecule has 23 heavy (non-hydrogen) atoms. The molecule has 2 heterocycles. The number of hydrogen-bond donors (Lipinski definition) is 1. The molecule has 3 rings (SSSR count). The zero-order valence-corrected chi connectivity index (χ0v) is 14.9.